The molecule has 0 unspecified atom stereocenters. The van der Waals surface area contributed by atoms with Crippen LogP contribution in [-0.2, 0) is 4.79 Å². The van der Waals surface area contributed by atoms with Gasteiger partial charge in [-0.2, -0.15) is 0 Å². The van der Waals surface area contributed by atoms with Crippen LogP contribution in [-0.4, -0.2) is 18.2 Å². The molecule has 0 atom stereocenters. The normalized spacial score (nSPS) is 14.1. The molecule has 2 rings (SSSR count). The Morgan fingerprint density at radius 2 is 2.12 bits per heavy atom. The van der Waals surface area contributed by atoms with Gasteiger partial charge in [-0.3, -0.25) is 9.59 Å². The van der Waals surface area contributed by atoms with Crippen molar-refractivity contribution in [2.75, 3.05) is 11.4 Å². The number of unbranched alkanes of at least 4 members (excludes halogenated alkanes) is 1. The third kappa shape index (κ3) is 1.98. The molecule has 0 N–H and O–H groups in total. The van der Waals surface area contributed by atoms with Crippen LogP contribution in [0.25, 0.3) is 0 Å². The first-order valence-corrected chi connectivity index (χ1v) is 5.80. The van der Waals surface area contributed by atoms with Gasteiger partial charge in [0.05, 0.1) is 16.3 Å². The highest BCUT2D eigenvalue weighted by atomic mass is 35.5. The Bertz CT molecular complexity index is 496. The zero-order valence-electron chi connectivity index (χ0n) is 9.28. The summed E-state index contributed by atoms with van der Waals surface area (Å²) in [6.45, 7) is 4.14. The van der Waals surface area contributed by atoms with Crippen LogP contribution in [0.3, 0.4) is 0 Å². The molecule has 1 aromatic rings. The number of carbonyl (C=O) groups excluding carboxylic acids is 2. The molecule has 0 aliphatic carbocycles. The molecule has 88 valence electrons. The zero-order chi connectivity index (χ0) is 12.4. The predicted molar refractivity (Wildman–Crippen MR) is 67.6 cm³/mol. The van der Waals surface area contributed by atoms with Gasteiger partial charge in [0.2, 0.25) is 0 Å². The number of anilines is 1. The SMILES string of the molecule is C=CCCCN1C(=O)C(=O)c2c(Cl)cccc21. The highest BCUT2D eigenvalue weighted by Gasteiger charge is 2.36. The van der Waals surface area contributed by atoms with Gasteiger partial charge in [-0.25, -0.2) is 0 Å². The van der Waals surface area contributed by atoms with Gasteiger partial charge in [0.25, 0.3) is 11.7 Å². The minimum atomic E-state index is -0.510. The number of hydrogen-bond acceptors (Lipinski definition) is 2. The van der Waals surface area contributed by atoms with Crippen molar-refractivity contribution in [3.8, 4) is 0 Å². The van der Waals surface area contributed by atoms with Gasteiger partial charge in [0.1, 0.15) is 0 Å². The highest BCUT2D eigenvalue weighted by Crippen LogP contribution is 2.34. The molecular formula is C13H12ClNO2. The standard InChI is InChI=1S/C13H12ClNO2/c1-2-3-4-8-15-10-7-5-6-9(14)11(10)12(16)13(15)17/h2,5-7H,1,3-4,8H2. The molecule has 3 nitrogen and oxygen atoms in total. The lowest BCUT2D eigenvalue weighted by molar-refractivity contribution is -0.114. The lowest BCUT2D eigenvalue weighted by atomic mass is 10.1. The minimum absolute atomic E-state index is 0.331. The van der Waals surface area contributed by atoms with E-state index in [4.69, 9.17) is 11.6 Å². The van der Waals surface area contributed by atoms with E-state index in [2.05, 4.69) is 6.58 Å². The van der Waals surface area contributed by atoms with Gasteiger partial charge < -0.3 is 4.90 Å². The van der Waals surface area contributed by atoms with E-state index in [0.717, 1.165) is 12.8 Å². The van der Waals surface area contributed by atoms with Crippen LogP contribution >= 0.6 is 11.6 Å². The first-order chi connectivity index (χ1) is 8.16. The molecule has 0 bridgehead atoms. The Hall–Kier alpha value is -1.61. The molecule has 17 heavy (non-hydrogen) atoms. The molecule has 0 saturated heterocycles. The van der Waals surface area contributed by atoms with Crippen LogP contribution in [0.1, 0.15) is 23.2 Å². The second kappa shape index (κ2) is 4.72. The van der Waals surface area contributed by atoms with Gasteiger partial charge in [0.15, 0.2) is 0 Å². The number of amides is 1. The minimum Gasteiger partial charge on any atom is -0.305 e. The van der Waals surface area contributed by atoms with E-state index >= 15 is 0 Å². The van der Waals surface area contributed by atoms with Crippen molar-refractivity contribution in [2.45, 2.75) is 12.8 Å². The molecule has 0 fully saturated rings. The summed E-state index contributed by atoms with van der Waals surface area (Å²) < 4.78 is 0. The average Bonchev–Trinajstić information content (AvgIpc) is 2.55. The molecule has 0 radical (unpaired) electrons. The smallest absolute Gasteiger partial charge is 0.299 e. The van der Waals surface area contributed by atoms with E-state index < -0.39 is 11.7 Å². The summed E-state index contributed by atoms with van der Waals surface area (Å²) in [5.74, 6) is -0.999. The topological polar surface area (TPSA) is 37.4 Å². The first-order valence-electron chi connectivity index (χ1n) is 5.42. The van der Waals surface area contributed by atoms with Gasteiger partial charge in [-0.15, -0.1) is 6.58 Å². The van der Waals surface area contributed by atoms with Crippen molar-refractivity contribution in [3.05, 3.63) is 41.4 Å². The van der Waals surface area contributed by atoms with Crippen molar-refractivity contribution in [1.29, 1.82) is 0 Å². The maximum atomic E-state index is 11.8. The molecular weight excluding hydrogens is 238 g/mol. The summed E-state index contributed by atoms with van der Waals surface area (Å²) >= 11 is 5.94. The molecule has 0 saturated carbocycles. The molecule has 1 aliphatic rings. The van der Waals surface area contributed by atoms with Crippen LogP contribution in [0.4, 0.5) is 5.69 Å². The van der Waals surface area contributed by atoms with Crippen LogP contribution in [0.15, 0.2) is 30.9 Å². The van der Waals surface area contributed by atoms with E-state index in [0.29, 0.717) is 22.8 Å². The predicted octanol–water partition coefficient (Wildman–Crippen LogP) is 2.84. The Labute approximate surface area is 105 Å². The van der Waals surface area contributed by atoms with Gasteiger partial charge in [-0.1, -0.05) is 23.7 Å². The molecule has 1 aliphatic heterocycles. The number of benzene rings is 1. The number of fused-ring (bicyclic) bond motifs is 1. The van der Waals surface area contributed by atoms with E-state index in [1.54, 1.807) is 24.3 Å². The Morgan fingerprint density at radius 1 is 1.35 bits per heavy atom. The lowest BCUT2D eigenvalue weighted by Crippen LogP contribution is -2.30. The van der Waals surface area contributed by atoms with Crippen molar-refractivity contribution >= 4 is 29.0 Å². The Kier molecular flexibility index (Phi) is 3.29. The quantitative estimate of drug-likeness (QED) is 0.467. The summed E-state index contributed by atoms with van der Waals surface area (Å²) in [5, 5.41) is 0.340. The number of halogens is 1. The first kappa shape index (κ1) is 11.9. The van der Waals surface area contributed by atoms with Crippen LogP contribution < -0.4 is 4.90 Å². The molecule has 1 heterocycles. The van der Waals surface area contributed by atoms with Crippen molar-refractivity contribution in [2.24, 2.45) is 0 Å². The number of ketones is 1. The van der Waals surface area contributed by atoms with Crippen LogP contribution in [0.2, 0.25) is 5.02 Å². The number of nitrogens with zero attached hydrogens (tertiary/aromatic N) is 1. The van der Waals surface area contributed by atoms with Gasteiger partial charge >= 0.3 is 0 Å². The number of carbonyl (C=O) groups is 2. The molecule has 1 amide bonds. The van der Waals surface area contributed by atoms with Crippen LogP contribution in [0.5, 0.6) is 0 Å². The fourth-order valence-electron chi connectivity index (χ4n) is 1.92. The lowest BCUT2D eigenvalue weighted by Gasteiger charge is -2.15. The van der Waals surface area contributed by atoms with Crippen LogP contribution in [0, 0.1) is 0 Å². The summed E-state index contributed by atoms with van der Waals surface area (Å²) in [7, 11) is 0. The fraction of sp³-hybridized carbons (Fsp3) is 0.231. The number of rotatable bonds is 4. The largest absolute Gasteiger partial charge is 0.305 e. The van der Waals surface area contributed by atoms with Gasteiger partial charge in [0, 0.05) is 6.54 Å². The molecule has 0 aromatic heterocycles. The number of Topliss-reactive ketones (excluding diaryl/α,β-unsaturated/α-hetero) is 1. The third-order valence-electron chi connectivity index (χ3n) is 2.74. The summed E-state index contributed by atoms with van der Waals surface area (Å²) in [4.78, 5) is 25.1. The highest BCUT2D eigenvalue weighted by molar-refractivity contribution is 6.55. The number of hydrogen-bond donors (Lipinski definition) is 0. The van der Waals surface area contributed by atoms with E-state index in [9.17, 15) is 9.59 Å². The maximum Gasteiger partial charge on any atom is 0.299 e. The second-order valence-corrected chi connectivity index (χ2v) is 4.26. The molecule has 0 spiro atoms. The van der Waals surface area contributed by atoms with E-state index in [1.807, 2.05) is 0 Å². The van der Waals surface area contributed by atoms with E-state index in [-0.39, 0.29) is 0 Å². The van der Waals surface area contributed by atoms with Crippen molar-refractivity contribution in [1.82, 2.24) is 0 Å². The van der Waals surface area contributed by atoms with E-state index in [1.165, 1.54) is 4.90 Å². The zero-order valence-corrected chi connectivity index (χ0v) is 10.0. The van der Waals surface area contributed by atoms with Crippen molar-refractivity contribution < 1.29 is 9.59 Å². The van der Waals surface area contributed by atoms with Crippen molar-refractivity contribution in [3.63, 3.8) is 0 Å². The Morgan fingerprint density at radius 3 is 2.82 bits per heavy atom. The summed E-state index contributed by atoms with van der Waals surface area (Å²) in [6.07, 6.45) is 3.39. The molecule has 1 aromatic carbocycles. The second-order valence-electron chi connectivity index (χ2n) is 3.85. The summed E-state index contributed by atoms with van der Waals surface area (Å²) in [5.41, 5.74) is 0.953. The number of allylic oxidation sites excluding steroid dienone is 1. The summed E-state index contributed by atoms with van der Waals surface area (Å²) in [6, 6.07) is 5.12. The monoisotopic (exact) mass is 249 g/mol. The average molecular weight is 250 g/mol. The third-order valence-corrected chi connectivity index (χ3v) is 3.05. The maximum absolute atomic E-state index is 11.8. The Balaban J connectivity index is 2.31. The molecule has 4 heteroatoms. The van der Waals surface area contributed by atoms with Gasteiger partial charge in [-0.05, 0) is 25.0 Å². The fourth-order valence-corrected chi connectivity index (χ4v) is 2.17.